The summed E-state index contributed by atoms with van der Waals surface area (Å²) in [5, 5.41) is 12.6. The molecule has 1 saturated carbocycles. The lowest BCUT2D eigenvalue weighted by Gasteiger charge is -2.50. The van der Waals surface area contributed by atoms with E-state index in [0.29, 0.717) is 53.7 Å². The number of hydrogen-bond donors (Lipinski definition) is 2. The van der Waals surface area contributed by atoms with Gasteiger partial charge in [-0.3, -0.25) is 29.5 Å². The number of imide groups is 2. The van der Waals surface area contributed by atoms with Gasteiger partial charge in [0.25, 0.3) is 11.8 Å². The van der Waals surface area contributed by atoms with Crippen LogP contribution < -0.4 is 19.8 Å². The number of methoxy groups -OCH3 is 2. The van der Waals surface area contributed by atoms with Crippen LogP contribution in [0.5, 0.6) is 17.2 Å². The number of hydrazine groups is 1. The van der Waals surface area contributed by atoms with Gasteiger partial charge in [-0.1, -0.05) is 59.1 Å². The number of amides is 4. The van der Waals surface area contributed by atoms with Crippen LogP contribution in [-0.2, 0) is 24.6 Å². The van der Waals surface area contributed by atoms with Crippen molar-refractivity contribution < 1.29 is 38.2 Å². The van der Waals surface area contributed by atoms with E-state index < -0.39 is 52.7 Å². The van der Waals surface area contributed by atoms with Crippen molar-refractivity contribution in [1.29, 1.82) is 0 Å². The van der Waals surface area contributed by atoms with Gasteiger partial charge >= 0.3 is 0 Å². The summed E-state index contributed by atoms with van der Waals surface area (Å²) in [5.74, 6) is -4.89. The number of allylic oxidation sites excluding steroid dienone is 2. The molecule has 5 aromatic carbocycles. The molecular weight excluding hydrogens is 946 g/mol. The highest BCUT2D eigenvalue weighted by molar-refractivity contribution is 14.1. The number of phenols is 1. The van der Waals surface area contributed by atoms with Crippen LogP contribution in [-0.4, -0.2) is 52.9 Å². The maximum atomic E-state index is 15.6. The van der Waals surface area contributed by atoms with E-state index in [4.69, 9.17) is 37.1 Å². The van der Waals surface area contributed by atoms with Gasteiger partial charge in [0.2, 0.25) is 17.7 Å². The molecule has 6 aromatic rings. The number of phenolic OH excluding ortho intramolecular Hbond substituents is 1. The highest BCUT2D eigenvalue weighted by atomic mass is 127. The lowest BCUT2D eigenvalue weighted by molar-refractivity contribution is -0.138. The van der Waals surface area contributed by atoms with Gasteiger partial charge in [-0.05, 0) is 131 Å². The van der Waals surface area contributed by atoms with Gasteiger partial charge in [-0.2, -0.15) is 5.01 Å². The first-order valence-electron chi connectivity index (χ1n) is 19.8. The molecule has 0 radical (unpaired) electrons. The Hall–Kier alpha value is -5.90. The molecule has 62 heavy (non-hydrogen) atoms. The average molecular weight is 982 g/mol. The highest BCUT2D eigenvalue weighted by Gasteiger charge is 2.70. The number of carbonyl (C=O) groups excluding carboxylic acids is 4. The van der Waals surface area contributed by atoms with Gasteiger partial charge in [-0.15, -0.1) is 0 Å². The number of halogens is 3. The quantitative estimate of drug-likeness (QED) is 0.0858. The number of para-hydroxylation sites is 2. The normalized spacial score (nSPS) is 24.2. The van der Waals surface area contributed by atoms with Gasteiger partial charge in [-0.25, -0.2) is 4.98 Å². The fourth-order valence-corrected chi connectivity index (χ4v) is 11.2. The Labute approximate surface area is 378 Å². The van der Waals surface area contributed by atoms with E-state index in [-0.39, 0.29) is 41.0 Å². The second-order valence-corrected chi connectivity index (χ2v) is 17.8. The number of carbonyl (C=O) groups is 4. The molecule has 2 N–H and O–H groups in total. The zero-order valence-corrected chi connectivity index (χ0v) is 36.6. The standard InChI is InChI=1S/C47H35Cl2IN4O8/c1-60-28-14-9-25(10-15-28)47-32(44(57)54(46(47)59)52-35-18-11-26(48)21-33(35)49)22-31-29(40(47)24-19-34(50)41(55)38(20-24)61-2)16-17-30-39(31)45(58)53(43(30)56)27-12-7-23(8-13-27)42-51-36-5-3-4-6-37(36)62-42/h3-16,18-21,30-32,39-40,52,55H,17,22H2,1-2H3. The molecule has 0 spiro atoms. The molecular formula is C47H35Cl2IN4O8. The molecule has 2 saturated heterocycles. The minimum Gasteiger partial charge on any atom is -0.504 e. The highest BCUT2D eigenvalue weighted by Crippen LogP contribution is 2.65. The van der Waals surface area contributed by atoms with Crippen molar-refractivity contribution in [2.24, 2.45) is 23.7 Å². The predicted octanol–water partition coefficient (Wildman–Crippen LogP) is 9.32. The number of hydrogen-bond acceptors (Lipinski definition) is 10. The van der Waals surface area contributed by atoms with Crippen LogP contribution in [0.25, 0.3) is 22.6 Å². The molecule has 3 fully saturated rings. The first-order chi connectivity index (χ1) is 29.9. The Kier molecular flexibility index (Phi) is 9.83. The predicted molar refractivity (Wildman–Crippen MR) is 240 cm³/mol. The third kappa shape index (κ3) is 6.03. The topological polar surface area (TPSA) is 152 Å². The number of anilines is 2. The monoisotopic (exact) mass is 980 g/mol. The zero-order chi connectivity index (χ0) is 43.2. The lowest BCUT2D eigenvalue weighted by atomic mass is 9.49. The summed E-state index contributed by atoms with van der Waals surface area (Å²) in [6.07, 6.45) is 2.26. The molecule has 2 aliphatic carbocycles. The number of ether oxygens (including phenoxy) is 2. The summed E-state index contributed by atoms with van der Waals surface area (Å²) < 4.78 is 17.6. The molecule has 4 amide bonds. The van der Waals surface area contributed by atoms with Gasteiger partial charge in [0, 0.05) is 16.5 Å². The summed E-state index contributed by atoms with van der Waals surface area (Å²) in [6.45, 7) is 0. The van der Waals surface area contributed by atoms with Crippen molar-refractivity contribution in [1.82, 2.24) is 9.99 Å². The Morgan fingerprint density at radius 2 is 1.63 bits per heavy atom. The first kappa shape index (κ1) is 40.2. The SMILES string of the molecule is COc1ccc(C23C(=O)N(Nc4ccc(Cl)cc4Cl)C(=O)C2CC2C(=CCC4C(=O)N(c5ccc(-c6nc7ccccc7o6)cc5)C(=O)C42)C3c2cc(I)c(O)c(OC)c2)cc1. The van der Waals surface area contributed by atoms with Gasteiger partial charge in [0.1, 0.15) is 11.3 Å². The van der Waals surface area contributed by atoms with Crippen molar-refractivity contribution in [2.75, 3.05) is 24.5 Å². The number of fused-ring (bicyclic) bond motifs is 5. The third-order valence-electron chi connectivity index (χ3n) is 12.9. The van der Waals surface area contributed by atoms with E-state index in [9.17, 15) is 14.7 Å². The molecule has 312 valence electrons. The fraction of sp³-hybridized carbons (Fsp3) is 0.213. The Morgan fingerprint density at radius 3 is 2.34 bits per heavy atom. The van der Waals surface area contributed by atoms with E-state index in [0.717, 1.165) is 10.6 Å². The van der Waals surface area contributed by atoms with Crippen LogP contribution >= 0.6 is 45.8 Å². The van der Waals surface area contributed by atoms with Crippen LogP contribution in [0.1, 0.15) is 29.9 Å². The molecule has 0 bridgehead atoms. The van der Waals surface area contributed by atoms with Crippen molar-refractivity contribution >= 4 is 91.9 Å². The van der Waals surface area contributed by atoms with E-state index in [1.54, 1.807) is 79.9 Å². The van der Waals surface area contributed by atoms with Crippen molar-refractivity contribution in [3.63, 3.8) is 0 Å². The summed E-state index contributed by atoms with van der Waals surface area (Å²) >= 11 is 14.8. The molecule has 3 heterocycles. The van der Waals surface area contributed by atoms with Gasteiger partial charge in [0.05, 0.1) is 57.4 Å². The number of benzene rings is 5. The third-order valence-corrected chi connectivity index (χ3v) is 14.2. The lowest BCUT2D eigenvalue weighted by Crippen LogP contribution is -2.53. The van der Waals surface area contributed by atoms with E-state index >= 15 is 9.59 Å². The number of nitrogens with zero attached hydrogens (tertiary/aromatic N) is 3. The molecule has 10 rings (SSSR count). The number of oxazole rings is 1. The number of nitrogens with one attached hydrogen (secondary N) is 1. The maximum Gasteiger partial charge on any atom is 0.260 e. The molecule has 4 aliphatic rings. The van der Waals surface area contributed by atoms with E-state index in [1.165, 1.54) is 18.1 Å². The summed E-state index contributed by atoms with van der Waals surface area (Å²) in [4.78, 5) is 66.0. The van der Waals surface area contributed by atoms with Gasteiger partial charge < -0.3 is 19.0 Å². The largest absolute Gasteiger partial charge is 0.504 e. The van der Waals surface area contributed by atoms with E-state index in [1.807, 2.05) is 52.9 Å². The molecule has 12 nitrogen and oxygen atoms in total. The average Bonchev–Trinajstić information content (AvgIpc) is 3.90. The minimum atomic E-state index is -1.60. The maximum absolute atomic E-state index is 15.6. The molecule has 6 atom stereocenters. The minimum absolute atomic E-state index is 0.0719. The Morgan fingerprint density at radius 1 is 0.871 bits per heavy atom. The Bertz CT molecular complexity index is 2870. The van der Waals surface area contributed by atoms with Crippen molar-refractivity contribution in [3.8, 4) is 28.7 Å². The van der Waals surface area contributed by atoms with Crippen molar-refractivity contribution in [2.45, 2.75) is 24.2 Å². The number of rotatable bonds is 8. The van der Waals surface area contributed by atoms with Crippen molar-refractivity contribution in [3.05, 3.63) is 140 Å². The van der Waals surface area contributed by atoms with E-state index in [2.05, 4.69) is 10.4 Å². The molecule has 6 unspecified atom stereocenters. The summed E-state index contributed by atoms with van der Waals surface area (Å²) in [6, 6.07) is 29.6. The Balaban J connectivity index is 1.10. The molecule has 1 aromatic heterocycles. The van der Waals surface area contributed by atoms with Crippen LogP contribution in [0.4, 0.5) is 11.4 Å². The van der Waals surface area contributed by atoms with Gasteiger partial charge in [0.15, 0.2) is 17.1 Å². The summed E-state index contributed by atoms with van der Waals surface area (Å²) in [5.41, 5.74) is 5.98. The van der Waals surface area contributed by atoms with Crippen LogP contribution in [0, 0.1) is 27.2 Å². The number of aromatic nitrogens is 1. The van der Waals surface area contributed by atoms with Crippen LogP contribution in [0.15, 0.2) is 119 Å². The van der Waals surface area contributed by atoms with Crippen LogP contribution in [0.2, 0.25) is 10.0 Å². The summed E-state index contributed by atoms with van der Waals surface area (Å²) in [7, 11) is 2.98. The second kappa shape index (κ2) is 15.2. The molecule has 15 heteroatoms. The number of aromatic hydroxyl groups is 1. The fourth-order valence-electron chi connectivity index (χ4n) is 10.1. The first-order valence-corrected chi connectivity index (χ1v) is 21.6. The van der Waals surface area contributed by atoms with Crippen LogP contribution in [0.3, 0.4) is 0 Å². The zero-order valence-electron chi connectivity index (χ0n) is 33.0. The molecule has 2 aliphatic heterocycles. The second-order valence-electron chi connectivity index (χ2n) is 15.8. The smallest absolute Gasteiger partial charge is 0.260 e.